The van der Waals surface area contributed by atoms with E-state index in [0.29, 0.717) is 5.56 Å². The Labute approximate surface area is 109 Å². The molecule has 1 unspecified atom stereocenters. The summed E-state index contributed by atoms with van der Waals surface area (Å²) in [5, 5.41) is 14.4. The second-order valence-electron chi connectivity index (χ2n) is 5.41. The van der Waals surface area contributed by atoms with Gasteiger partial charge in [0, 0.05) is 23.2 Å². The summed E-state index contributed by atoms with van der Waals surface area (Å²) in [6.45, 7) is 10.2. The average Bonchev–Trinajstić information content (AvgIpc) is 2.28. The SMILES string of the molecule is CCC(C)(C)NC(C)c1ccc(C)c([N+](=O)[O-])c1. The van der Waals surface area contributed by atoms with Crippen LogP contribution in [0.15, 0.2) is 18.2 Å². The molecule has 1 N–H and O–H groups in total. The van der Waals surface area contributed by atoms with E-state index in [-0.39, 0.29) is 22.2 Å². The Hall–Kier alpha value is -1.42. The molecule has 100 valence electrons. The number of benzene rings is 1. The van der Waals surface area contributed by atoms with Crippen molar-refractivity contribution in [3.63, 3.8) is 0 Å². The molecule has 1 aromatic carbocycles. The van der Waals surface area contributed by atoms with Gasteiger partial charge in [0.05, 0.1) is 4.92 Å². The molecule has 0 aliphatic carbocycles. The minimum absolute atomic E-state index is 0.0269. The predicted molar refractivity (Wildman–Crippen MR) is 73.8 cm³/mol. The average molecular weight is 250 g/mol. The summed E-state index contributed by atoms with van der Waals surface area (Å²) in [6.07, 6.45) is 1.01. The normalized spacial score (nSPS) is 13.4. The topological polar surface area (TPSA) is 55.2 Å². The van der Waals surface area contributed by atoms with Crippen LogP contribution in [-0.4, -0.2) is 10.5 Å². The van der Waals surface area contributed by atoms with Crippen molar-refractivity contribution in [2.75, 3.05) is 0 Å². The zero-order valence-corrected chi connectivity index (χ0v) is 11.8. The molecule has 4 heteroatoms. The number of hydrogen-bond donors (Lipinski definition) is 1. The fourth-order valence-electron chi connectivity index (χ4n) is 1.86. The zero-order valence-electron chi connectivity index (χ0n) is 11.8. The molecule has 0 spiro atoms. The lowest BCUT2D eigenvalue weighted by Crippen LogP contribution is -2.40. The Morgan fingerprint density at radius 2 is 2.06 bits per heavy atom. The molecule has 0 aliphatic rings. The van der Waals surface area contributed by atoms with Gasteiger partial charge < -0.3 is 5.32 Å². The smallest absolute Gasteiger partial charge is 0.272 e. The monoisotopic (exact) mass is 250 g/mol. The van der Waals surface area contributed by atoms with Crippen molar-refractivity contribution in [1.82, 2.24) is 5.32 Å². The molecule has 0 bridgehead atoms. The Balaban J connectivity index is 2.97. The second kappa shape index (κ2) is 5.48. The summed E-state index contributed by atoms with van der Waals surface area (Å²) in [5.41, 5.74) is 1.87. The summed E-state index contributed by atoms with van der Waals surface area (Å²) in [6, 6.07) is 5.52. The van der Waals surface area contributed by atoms with Crippen molar-refractivity contribution in [3.05, 3.63) is 39.4 Å². The summed E-state index contributed by atoms with van der Waals surface area (Å²) >= 11 is 0. The van der Waals surface area contributed by atoms with Crippen LogP contribution < -0.4 is 5.32 Å². The molecule has 0 radical (unpaired) electrons. The van der Waals surface area contributed by atoms with Gasteiger partial charge in [0.1, 0.15) is 0 Å². The van der Waals surface area contributed by atoms with Crippen LogP contribution in [0.3, 0.4) is 0 Å². The number of nitrogens with one attached hydrogen (secondary N) is 1. The van der Waals surface area contributed by atoms with Crippen molar-refractivity contribution in [2.45, 2.75) is 52.6 Å². The largest absolute Gasteiger partial charge is 0.305 e. The summed E-state index contributed by atoms with van der Waals surface area (Å²) in [5.74, 6) is 0. The highest BCUT2D eigenvalue weighted by atomic mass is 16.6. The van der Waals surface area contributed by atoms with E-state index in [1.54, 1.807) is 13.0 Å². The van der Waals surface area contributed by atoms with Crippen LogP contribution in [0.25, 0.3) is 0 Å². The maximum atomic E-state index is 10.9. The standard InChI is InChI=1S/C14H22N2O2/c1-6-14(4,5)15-11(3)12-8-7-10(2)13(9-12)16(17)18/h7-9,11,15H,6H2,1-5H3. The molecular weight excluding hydrogens is 228 g/mol. The lowest BCUT2D eigenvalue weighted by molar-refractivity contribution is -0.385. The fourth-order valence-corrected chi connectivity index (χ4v) is 1.86. The first-order valence-electron chi connectivity index (χ1n) is 6.29. The van der Waals surface area contributed by atoms with Crippen LogP contribution in [0.1, 0.15) is 51.3 Å². The van der Waals surface area contributed by atoms with Crippen molar-refractivity contribution in [2.24, 2.45) is 0 Å². The van der Waals surface area contributed by atoms with Crippen LogP contribution in [0.4, 0.5) is 5.69 Å². The Morgan fingerprint density at radius 1 is 1.44 bits per heavy atom. The van der Waals surface area contributed by atoms with Crippen molar-refractivity contribution in [3.8, 4) is 0 Å². The van der Waals surface area contributed by atoms with E-state index in [1.807, 2.05) is 19.1 Å². The van der Waals surface area contributed by atoms with E-state index in [4.69, 9.17) is 0 Å². The third-order valence-electron chi connectivity index (χ3n) is 3.42. The Bertz CT molecular complexity index is 441. The number of rotatable bonds is 5. The van der Waals surface area contributed by atoms with Crippen LogP contribution in [0.5, 0.6) is 0 Å². The van der Waals surface area contributed by atoms with E-state index < -0.39 is 0 Å². The summed E-state index contributed by atoms with van der Waals surface area (Å²) in [4.78, 5) is 10.6. The number of nitrogens with zero attached hydrogens (tertiary/aromatic N) is 1. The molecule has 0 aliphatic heterocycles. The van der Waals surface area contributed by atoms with Gasteiger partial charge in [-0.15, -0.1) is 0 Å². The molecule has 0 fully saturated rings. The van der Waals surface area contributed by atoms with Gasteiger partial charge in [-0.05, 0) is 39.7 Å². The molecule has 0 saturated carbocycles. The first kappa shape index (κ1) is 14.6. The molecule has 1 atom stereocenters. The van der Waals surface area contributed by atoms with Crippen molar-refractivity contribution >= 4 is 5.69 Å². The maximum Gasteiger partial charge on any atom is 0.272 e. The van der Waals surface area contributed by atoms with Crippen LogP contribution >= 0.6 is 0 Å². The van der Waals surface area contributed by atoms with Crippen molar-refractivity contribution in [1.29, 1.82) is 0 Å². The summed E-state index contributed by atoms with van der Waals surface area (Å²) in [7, 11) is 0. The van der Waals surface area contributed by atoms with E-state index in [2.05, 4.69) is 26.1 Å². The Kier molecular flexibility index (Phi) is 4.46. The van der Waals surface area contributed by atoms with Gasteiger partial charge in [-0.2, -0.15) is 0 Å². The van der Waals surface area contributed by atoms with E-state index in [1.165, 1.54) is 0 Å². The second-order valence-corrected chi connectivity index (χ2v) is 5.41. The molecular formula is C14H22N2O2. The number of nitro groups is 1. The fraction of sp³-hybridized carbons (Fsp3) is 0.571. The lowest BCUT2D eigenvalue weighted by atomic mass is 9.97. The maximum absolute atomic E-state index is 10.9. The first-order valence-corrected chi connectivity index (χ1v) is 6.29. The molecule has 1 aromatic rings. The van der Waals surface area contributed by atoms with Crippen LogP contribution in [0, 0.1) is 17.0 Å². The minimum Gasteiger partial charge on any atom is -0.305 e. The van der Waals surface area contributed by atoms with Gasteiger partial charge in [-0.25, -0.2) is 0 Å². The molecule has 0 heterocycles. The third kappa shape index (κ3) is 3.53. The van der Waals surface area contributed by atoms with E-state index >= 15 is 0 Å². The number of nitro benzene ring substituents is 1. The first-order chi connectivity index (χ1) is 8.26. The van der Waals surface area contributed by atoms with E-state index in [0.717, 1.165) is 12.0 Å². The molecule has 4 nitrogen and oxygen atoms in total. The molecule has 0 amide bonds. The highest BCUT2D eigenvalue weighted by Crippen LogP contribution is 2.25. The van der Waals surface area contributed by atoms with Gasteiger partial charge in [-0.3, -0.25) is 10.1 Å². The van der Waals surface area contributed by atoms with Gasteiger partial charge >= 0.3 is 0 Å². The van der Waals surface area contributed by atoms with E-state index in [9.17, 15) is 10.1 Å². The third-order valence-corrected chi connectivity index (χ3v) is 3.42. The molecule has 0 saturated heterocycles. The van der Waals surface area contributed by atoms with Crippen LogP contribution in [-0.2, 0) is 0 Å². The predicted octanol–water partition coefficient (Wildman–Crippen LogP) is 3.74. The quantitative estimate of drug-likeness (QED) is 0.639. The van der Waals surface area contributed by atoms with Gasteiger partial charge in [-0.1, -0.05) is 19.1 Å². The van der Waals surface area contributed by atoms with Crippen LogP contribution in [0.2, 0.25) is 0 Å². The minimum atomic E-state index is -0.323. The molecule has 18 heavy (non-hydrogen) atoms. The van der Waals surface area contributed by atoms with Crippen molar-refractivity contribution < 1.29 is 4.92 Å². The highest BCUT2D eigenvalue weighted by molar-refractivity contribution is 5.43. The number of hydrogen-bond acceptors (Lipinski definition) is 3. The number of aryl methyl sites for hydroxylation is 1. The van der Waals surface area contributed by atoms with Gasteiger partial charge in [0.15, 0.2) is 0 Å². The van der Waals surface area contributed by atoms with Gasteiger partial charge in [0.25, 0.3) is 5.69 Å². The zero-order chi connectivity index (χ0) is 13.9. The Morgan fingerprint density at radius 3 is 2.56 bits per heavy atom. The lowest BCUT2D eigenvalue weighted by Gasteiger charge is -2.29. The molecule has 0 aromatic heterocycles. The molecule has 1 rings (SSSR count). The van der Waals surface area contributed by atoms with Gasteiger partial charge in [0.2, 0.25) is 0 Å². The summed E-state index contributed by atoms with van der Waals surface area (Å²) < 4.78 is 0. The highest BCUT2D eigenvalue weighted by Gasteiger charge is 2.20.